The number of esters is 3. The van der Waals surface area contributed by atoms with Gasteiger partial charge in [-0.1, -0.05) is 221 Å². The van der Waals surface area contributed by atoms with Crippen molar-refractivity contribution in [1.29, 1.82) is 0 Å². The average Bonchev–Trinajstić information content (AvgIpc) is 3.39. The third kappa shape index (κ3) is 53.5. The lowest BCUT2D eigenvalue weighted by atomic mass is 10.1. The number of aliphatic hydroxyl groups excluding tert-OH is 1. The first-order chi connectivity index (χ1) is 36.2. The Kier molecular flexibility index (Phi) is 53.4. The SMILES string of the molecule is CC/C=C\C/C=C\C/C=C\C/C=C\C/C=C\CCCCCC(=O)OC(COC(=O)CCCCCCCCCCC)COP(=O)(O)OCC(CO)OC(=O)CCCCCCCCCCC/C=C\C/C=C\CCCCC. The Morgan fingerprint density at radius 3 is 1.12 bits per heavy atom. The number of phosphoric ester groups is 1. The standard InChI is InChI=1S/C62H107O11P/c1-4-7-10-13-16-19-21-23-25-27-29-31-33-35-37-40-43-46-49-52-61(65)72-58(54-63)56-70-74(67,68)71-57-59(55-69-60(64)51-48-45-42-39-18-15-12-9-6-3)73-62(66)53-50-47-44-41-38-36-34-32-30-28-26-24-22-20-17-14-11-8-5-2/h8,11,16-17,19-20,23-26,30,32,36,38,58-59,63H,4-7,9-10,12-15,18,21-22,27-29,31,33-35,37,39-57H2,1-3H3,(H,67,68)/b11-8-,19-16-,20-17-,25-23-,26-24-,32-30-,38-36-. The molecule has 0 rings (SSSR count). The number of allylic oxidation sites excluding steroid dienone is 14. The van der Waals surface area contributed by atoms with E-state index >= 15 is 0 Å². The van der Waals surface area contributed by atoms with Gasteiger partial charge in [0.2, 0.25) is 0 Å². The number of unbranched alkanes of at least 4 members (excludes halogenated alkanes) is 23. The fourth-order valence-electron chi connectivity index (χ4n) is 7.82. The minimum Gasteiger partial charge on any atom is -0.462 e. The minimum absolute atomic E-state index is 0.127. The van der Waals surface area contributed by atoms with Gasteiger partial charge in [0.1, 0.15) is 12.7 Å². The zero-order chi connectivity index (χ0) is 54.1. The van der Waals surface area contributed by atoms with Gasteiger partial charge < -0.3 is 24.2 Å². The summed E-state index contributed by atoms with van der Waals surface area (Å²) in [7, 11) is -4.76. The van der Waals surface area contributed by atoms with Crippen molar-refractivity contribution in [3.63, 3.8) is 0 Å². The van der Waals surface area contributed by atoms with Gasteiger partial charge in [0.25, 0.3) is 0 Å². The summed E-state index contributed by atoms with van der Waals surface area (Å²) in [5, 5.41) is 9.82. The summed E-state index contributed by atoms with van der Waals surface area (Å²) in [4.78, 5) is 48.5. The second-order valence-corrected chi connectivity index (χ2v) is 20.9. The molecule has 11 nitrogen and oxygen atoms in total. The third-order valence-electron chi connectivity index (χ3n) is 12.3. The van der Waals surface area contributed by atoms with Crippen LogP contribution in [0.1, 0.15) is 252 Å². The van der Waals surface area contributed by atoms with Crippen LogP contribution >= 0.6 is 7.82 Å². The summed E-state index contributed by atoms with van der Waals surface area (Å²) in [6.07, 6.45) is 64.0. The van der Waals surface area contributed by atoms with E-state index in [1.165, 1.54) is 89.9 Å². The zero-order valence-corrected chi connectivity index (χ0v) is 47.9. The predicted molar refractivity (Wildman–Crippen MR) is 307 cm³/mol. The number of phosphoric acid groups is 1. The highest BCUT2D eigenvalue weighted by Gasteiger charge is 2.28. The van der Waals surface area contributed by atoms with Crippen LogP contribution in [0.25, 0.3) is 0 Å². The van der Waals surface area contributed by atoms with Crippen molar-refractivity contribution in [2.24, 2.45) is 0 Å². The van der Waals surface area contributed by atoms with Gasteiger partial charge in [-0.05, 0) is 96.3 Å². The van der Waals surface area contributed by atoms with E-state index in [0.717, 1.165) is 103 Å². The monoisotopic (exact) mass is 1060 g/mol. The molecule has 0 fully saturated rings. The maximum Gasteiger partial charge on any atom is 0.472 e. The van der Waals surface area contributed by atoms with Gasteiger partial charge >= 0.3 is 25.7 Å². The van der Waals surface area contributed by atoms with Crippen LogP contribution in [0.5, 0.6) is 0 Å². The molecule has 0 saturated carbocycles. The number of aliphatic hydroxyl groups is 1. The van der Waals surface area contributed by atoms with E-state index in [-0.39, 0.29) is 25.9 Å². The number of ether oxygens (including phenoxy) is 3. The number of rotatable bonds is 54. The van der Waals surface area contributed by atoms with Crippen LogP contribution in [-0.4, -0.2) is 66.5 Å². The largest absolute Gasteiger partial charge is 0.472 e. The molecule has 74 heavy (non-hydrogen) atoms. The lowest BCUT2D eigenvalue weighted by molar-refractivity contribution is -0.161. The number of hydrogen-bond donors (Lipinski definition) is 2. The second kappa shape index (κ2) is 55.9. The van der Waals surface area contributed by atoms with Crippen LogP contribution in [-0.2, 0) is 42.2 Å². The molecular formula is C62H107O11P. The molecule has 0 saturated heterocycles. The molecule has 12 heteroatoms. The molecule has 0 aliphatic carbocycles. The van der Waals surface area contributed by atoms with E-state index in [1.807, 2.05) is 0 Å². The van der Waals surface area contributed by atoms with Crippen molar-refractivity contribution in [3.8, 4) is 0 Å². The first-order valence-electron chi connectivity index (χ1n) is 29.5. The Morgan fingerprint density at radius 2 is 0.703 bits per heavy atom. The number of carbonyl (C=O) groups is 3. The summed E-state index contributed by atoms with van der Waals surface area (Å²) in [5.74, 6) is -1.51. The molecule has 3 unspecified atom stereocenters. The Labute approximate surface area is 451 Å². The molecule has 0 radical (unpaired) electrons. The van der Waals surface area contributed by atoms with Crippen molar-refractivity contribution >= 4 is 25.7 Å². The number of carbonyl (C=O) groups excluding carboxylic acids is 3. The molecule has 0 aliphatic rings. The van der Waals surface area contributed by atoms with E-state index in [1.54, 1.807) is 0 Å². The Balaban J connectivity index is 4.65. The van der Waals surface area contributed by atoms with Crippen LogP contribution < -0.4 is 0 Å². The second-order valence-electron chi connectivity index (χ2n) is 19.4. The Morgan fingerprint density at radius 1 is 0.392 bits per heavy atom. The van der Waals surface area contributed by atoms with E-state index in [0.29, 0.717) is 19.3 Å². The Bertz CT molecular complexity index is 1560. The van der Waals surface area contributed by atoms with Crippen molar-refractivity contribution in [2.45, 2.75) is 264 Å². The topological polar surface area (TPSA) is 155 Å². The molecule has 426 valence electrons. The lowest BCUT2D eigenvalue weighted by Gasteiger charge is -2.21. The fourth-order valence-corrected chi connectivity index (χ4v) is 8.61. The van der Waals surface area contributed by atoms with Gasteiger partial charge in [0, 0.05) is 19.3 Å². The molecular weight excluding hydrogens is 952 g/mol. The Hall–Kier alpha value is -3.34. The van der Waals surface area contributed by atoms with Crippen molar-refractivity contribution < 1.29 is 52.2 Å². The maximum absolute atomic E-state index is 12.9. The third-order valence-corrected chi connectivity index (χ3v) is 13.3. The summed E-state index contributed by atoms with van der Waals surface area (Å²) < 4.78 is 39.5. The van der Waals surface area contributed by atoms with Crippen LogP contribution in [0.2, 0.25) is 0 Å². The van der Waals surface area contributed by atoms with E-state index in [4.69, 9.17) is 23.3 Å². The molecule has 0 bridgehead atoms. The molecule has 0 aromatic carbocycles. The normalized spacial score (nSPS) is 14.0. The summed E-state index contributed by atoms with van der Waals surface area (Å²) in [5.41, 5.74) is 0. The number of hydrogen-bond acceptors (Lipinski definition) is 10. The van der Waals surface area contributed by atoms with Crippen LogP contribution in [0, 0.1) is 0 Å². The maximum atomic E-state index is 12.9. The van der Waals surface area contributed by atoms with Crippen molar-refractivity contribution in [1.82, 2.24) is 0 Å². The molecule has 0 aromatic rings. The highest BCUT2D eigenvalue weighted by atomic mass is 31.2. The highest BCUT2D eigenvalue weighted by molar-refractivity contribution is 7.47. The molecule has 3 atom stereocenters. The molecule has 0 spiro atoms. The summed E-state index contributed by atoms with van der Waals surface area (Å²) >= 11 is 0. The van der Waals surface area contributed by atoms with Crippen molar-refractivity contribution in [3.05, 3.63) is 85.1 Å². The molecule has 0 amide bonds. The molecule has 0 heterocycles. The van der Waals surface area contributed by atoms with Crippen LogP contribution in [0.15, 0.2) is 85.1 Å². The van der Waals surface area contributed by atoms with Gasteiger partial charge in [-0.2, -0.15) is 0 Å². The van der Waals surface area contributed by atoms with Crippen molar-refractivity contribution in [2.75, 3.05) is 26.4 Å². The smallest absolute Gasteiger partial charge is 0.462 e. The zero-order valence-electron chi connectivity index (χ0n) is 47.0. The predicted octanol–water partition coefficient (Wildman–Crippen LogP) is 17.5. The highest BCUT2D eigenvalue weighted by Crippen LogP contribution is 2.43. The van der Waals surface area contributed by atoms with E-state index in [2.05, 4.69) is 106 Å². The lowest BCUT2D eigenvalue weighted by Crippen LogP contribution is -2.30. The van der Waals surface area contributed by atoms with Gasteiger partial charge in [0.05, 0.1) is 19.8 Å². The van der Waals surface area contributed by atoms with Gasteiger partial charge in [-0.15, -0.1) is 0 Å². The summed E-state index contributed by atoms with van der Waals surface area (Å²) in [6, 6.07) is 0. The summed E-state index contributed by atoms with van der Waals surface area (Å²) in [6.45, 7) is 4.45. The van der Waals surface area contributed by atoms with Crippen LogP contribution in [0.3, 0.4) is 0 Å². The molecule has 0 aliphatic heterocycles. The molecule has 2 N–H and O–H groups in total. The quantitative estimate of drug-likeness (QED) is 0.0197. The fraction of sp³-hybridized carbons (Fsp3) is 0.726. The van der Waals surface area contributed by atoms with E-state index < -0.39 is 57.8 Å². The van der Waals surface area contributed by atoms with E-state index in [9.17, 15) is 28.9 Å². The van der Waals surface area contributed by atoms with Gasteiger partial charge in [-0.25, -0.2) is 4.57 Å². The van der Waals surface area contributed by atoms with Gasteiger partial charge in [0.15, 0.2) is 6.10 Å². The van der Waals surface area contributed by atoms with Gasteiger partial charge in [-0.3, -0.25) is 23.4 Å². The average molecular weight is 1060 g/mol. The minimum atomic E-state index is -4.76. The van der Waals surface area contributed by atoms with Crippen LogP contribution in [0.4, 0.5) is 0 Å². The first-order valence-corrected chi connectivity index (χ1v) is 31.0. The first kappa shape index (κ1) is 70.7. The molecule has 0 aromatic heterocycles.